The molecule has 4 aromatic rings. The van der Waals surface area contributed by atoms with Crippen molar-refractivity contribution in [1.29, 1.82) is 0 Å². The quantitative estimate of drug-likeness (QED) is 0.0767. The first kappa shape index (κ1) is 44.9. The normalized spacial score (nSPS) is 12.7. The average Bonchev–Trinajstić information content (AvgIpc) is 3.21. The largest absolute Gasteiger partial charge is 0.467 e. The first-order valence-electron chi connectivity index (χ1n) is 19.1. The molecule has 4 aromatic carbocycles. The molecule has 0 saturated heterocycles. The summed E-state index contributed by atoms with van der Waals surface area (Å²) in [5, 5.41) is 13.0. The standard InChI is InChI=1S/C45H51N5O9/c1-30(42(56)58-5)46-37(51)26-27-38(52)49-41(55)35(28-31-18-10-6-11-19-31)47-40(54)36(48-43(57)59-44(2,3)4)29-39(53)50-45(32-20-12-7-13-21-32,33-22-14-8-15-23-33)34-24-16-9-17-25-34/h6-25,30,35-36H,26-29H2,1-5H3,(H,46,51)(H,47,54)(H,48,57)(H,50,53)(H,49,52,55)/t30-,35-,36-/m0/s1. The molecule has 0 radical (unpaired) electrons. The summed E-state index contributed by atoms with van der Waals surface area (Å²) in [7, 11) is 1.17. The van der Waals surface area contributed by atoms with Gasteiger partial charge in [0.15, 0.2) is 0 Å². The van der Waals surface area contributed by atoms with E-state index in [0.717, 1.165) is 16.7 Å². The number of hydrogen-bond donors (Lipinski definition) is 5. The fourth-order valence-electron chi connectivity index (χ4n) is 6.28. The highest BCUT2D eigenvalue weighted by Gasteiger charge is 2.39. The van der Waals surface area contributed by atoms with Gasteiger partial charge in [-0.25, -0.2) is 9.59 Å². The summed E-state index contributed by atoms with van der Waals surface area (Å²) in [4.78, 5) is 92.3. The van der Waals surface area contributed by atoms with Gasteiger partial charge in [-0.1, -0.05) is 121 Å². The second-order valence-corrected chi connectivity index (χ2v) is 14.8. The van der Waals surface area contributed by atoms with Crippen LogP contribution in [0, 0.1) is 0 Å². The monoisotopic (exact) mass is 805 g/mol. The maximum atomic E-state index is 14.4. The third kappa shape index (κ3) is 13.4. The highest BCUT2D eigenvalue weighted by Crippen LogP contribution is 2.37. The van der Waals surface area contributed by atoms with Crippen molar-refractivity contribution in [1.82, 2.24) is 26.6 Å². The number of amides is 6. The van der Waals surface area contributed by atoms with Crippen LogP contribution in [0.2, 0.25) is 0 Å². The molecule has 310 valence electrons. The molecule has 59 heavy (non-hydrogen) atoms. The molecule has 5 N–H and O–H groups in total. The minimum atomic E-state index is -1.56. The zero-order valence-corrected chi connectivity index (χ0v) is 33.8. The van der Waals surface area contributed by atoms with Gasteiger partial charge in [-0.2, -0.15) is 0 Å². The van der Waals surface area contributed by atoms with Crippen LogP contribution in [-0.2, 0) is 50.2 Å². The van der Waals surface area contributed by atoms with Gasteiger partial charge in [-0.05, 0) is 49.9 Å². The Bertz CT molecular complexity index is 1960. The molecule has 6 amide bonds. The molecule has 0 bridgehead atoms. The van der Waals surface area contributed by atoms with Gasteiger partial charge in [0.2, 0.25) is 29.5 Å². The van der Waals surface area contributed by atoms with E-state index in [9.17, 15) is 33.6 Å². The van der Waals surface area contributed by atoms with E-state index in [0.29, 0.717) is 5.56 Å². The zero-order chi connectivity index (χ0) is 43.0. The highest BCUT2D eigenvalue weighted by molar-refractivity contribution is 6.01. The summed E-state index contributed by atoms with van der Waals surface area (Å²) in [5.74, 6) is -4.54. The number of carbonyl (C=O) groups excluding carboxylic acids is 7. The van der Waals surface area contributed by atoms with E-state index in [1.807, 2.05) is 91.0 Å². The average molecular weight is 806 g/mol. The Morgan fingerprint density at radius 1 is 0.576 bits per heavy atom. The molecule has 0 spiro atoms. The Labute approximate surface area is 343 Å². The maximum absolute atomic E-state index is 14.4. The smallest absolute Gasteiger partial charge is 0.408 e. The van der Waals surface area contributed by atoms with Crippen LogP contribution in [0.3, 0.4) is 0 Å². The lowest BCUT2D eigenvalue weighted by molar-refractivity contribution is -0.144. The van der Waals surface area contributed by atoms with Crippen LogP contribution >= 0.6 is 0 Å². The lowest BCUT2D eigenvalue weighted by atomic mass is 9.77. The van der Waals surface area contributed by atoms with Gasteiger partial charge >= 0.3 is 12.1 Å². The predicted molar refractivity (Wildman–Crippen MR) is 219 cm³/mol. The van der Waals surface area contributed by atoms with Gasteiger partial charge in [-0.3, -0.25) is 29.3 Å². The van der Waals surface area contributed by atoms with Crippen LogP contribution in [0.5, 0.6) is 0 Å². The molecule has 0 aromatic heterocycles. The summed E-state index contributed by atoms with van der Waals surface area (Å²) in [6.07, 6.45) is -2.40. The van der Waals surface area contributed by atoms with Crippen LogP contribution in [0.4, 0.5) is 4.79 Å². The topological polar surface area (TPSA) is 198 Å². The van der Waals surface area contributed by atoms with Gasteiger partial charge < -0.3 is 30.7 Å². The lowest BCUT2D eigenvalue weighted by Gasteiger charge is -2.37. The summed E-state index contributed by atoms with van der Waals surface area (Å²) in [6, 6.07) is 32.8. The Balaban J connectivity index is 1.62. The molecule has 0 heterocycles. The van der Waals surface area contributed by atoms with Gasteiger partial charge in [0.1, 0.15) is 29.3 Å². The van der Waals surface area contributed by atoms with Crippen molar-refractivity contribution in [2.75, 3.05) is 7.11 Å². The SMILES string of the molecule is COC(=O)[C@H](C)NC(=O)CCC(=O)NC(=O)[C@H](Cc1ccccc1)NC(=O)[C@H](CC(=O)NC(c1ccccc1)(c1ccccc1)c1ccccc1)NC(=O)OC(C)(C)C. The number of methoxy groups -OCH3 is 1. The van der Waals surface area contributed by atoms with E-state index in [-0.39, 0.29) is 12.8 Å². The third-order valence-electron chi connectivity index (χ3n) is 9.03. The van der Waals surface area contributed by atoms with Crippen LogP contribution in [0.15, 0.2) is 121 Å². The van der Waals surface area contributed by atoms with E-state index in [2.05, 4.69) is 31.3 Å². The number of ether oxygens (including phenoxy) is 2. The fourth-order valence-corrected chi connectivity index (χ4v) is 6.28. The van der Waals surface area contributed by atoms with Crippen molar-refractivity contribution >= 4 is 41.6 Å². The minimum absolute atomic E-state index is 0.0761. The predicted octanol–water partition coefficient (Wildman–Crippen LogP) is 4.21. The summed E-state index contributed by atoms with van der Waals surface area (Å²) in [5.41, 5.74) is 0.618. The summed E-state index contributed by atoms with van der Waals surface area (Å²) < 4.78 is 10.0. The Morgan fingerprint density at radius 3 is 1.53 bits per heavy atom. The van der Waals surface area contributed by atoms with Crippen LogP contribution in [0.1, 0.15) is 69.2 Å². The van der Waals surface area contributed by atoms with E-state index in [1.54, 1.807) is 51.1 Å². The van der Waals surface area contributed by atoms with E-state index in [1.165, 1.54) is 14.0 Å². The number of carbonyl (C=O) groups is 7. The Kier molecular flexibility index (Phi) is 16.0. The number of alkyl carbamates (subject to hydrolysis) is 1. The van der Waals surface area contributed by atoms with Gasteiger partial charge in [-0.15, -0.1) is 0 Å². The van der Waals surface area contributed by atoms with Crippen molar-refractivity contribution in [3.63, 3.8) is 0 Å². The number of imide groups is 1. The molecular formula is C45H51N5O9. The molecule has 0 aliphatic heterocycles. The molecule has 14 nitrogen and oxygen atoms in total. The van der Waals surface area contributed by atoms with Crippen molar-refractivity contribution < 1.29 is 43.0 Å². The molecule has 3 atom stereocenters. The molecule has 14 heteroatoms. The van der Waals surface area contributed by atoms with Gasteiger partial charge in [0, 0.05) is 19.3 Å². The molecular weight excluding hydrogens is 755 g/mol. The summed E-state index contributed by atoms with van der Waals surface area (Å²) in [6.45, 7) is 6.35. The third-order valence-corrected chi connectivity index (χ3v) is 9.03. The van der Waals surface area contributed by atoms with E-state index < -0.39 is 83.7 Å². The zero-order valence-electron chi connectivity index (χ0n) is 33.8. The maximum Gasteiger partial charge on any atom is 0.408 e. The first-order chi connectivity index (χ1) is 28.1. The Morgan fingerprint density at radius 2 is 1.05 bits per heavy atom. The number of nitrogens with one attached hydrogen (secondary N) is 5. The Hall–Kier alpha value is -6.83. The fraction of sp³-hybridized carbons (Fsp3) is 0.311. The van der Waals surface area contributed by atoms with Crippen molar-refractivity contribution in [3.8, 4) is 0 Å². The molecule has 0 aliphatic carbocycles. The molecule has 4 rings (SSSR count). The molecule has 0 aliphatic rings. The van der Waals surface area contributed by atoms with Gasteiger partial charge in [0.05, 0.1) is 13.5 Å². The number of rotatable bonds is 17. The minimum Gasteiger partial charge on any atom is -0.467 e. The summed E-state index contributed by atoms with van der Waals surface area (Å²) >= 11 is 0. The molecule has 0 saturated carbocycles. The lowest BCUT2D eigenvalue weighted by Crippen LogP contribution is -2.57. The van der Waals surface area contributed by atoms with Crippen LogP contribution in [0.25, 0.3) is 0 Å². The second kappa shape index (κ2) is 21.1. The second-order valence-electron chi connectivity index (χ2n) is 14.8. The number of benzene rings is 4. The van der Waals surface area contributed by atoms with E-state index in [4.69, 9.17) is 4.74 Å². The molecule has 0 unspecified atom stereocenters. The van der Waals surface area contributed by atoms with Gasteiger partial charge in [0.25, 0.3) is 0 Å². The highest BCUT2D eigenvalue weighted by atomic mass is 16.6. The van der Waals surface area contributed by atoms with Crippen molar-refractivity contribution in [2.45, 2.75) is 82.6 Å². The van der Waals surface area contributed by atoms with Crippen molar-refractivity contribution in [3.05, 3.63) is 144 Å². The number of esters is 1. The van der Waals surface area contributed by atoms with E-state index >= 15 is 0 Å². The molecule has 0 fully saturated rings. The number of hydrogen-bond acceptors (Lipinski definition) is 9. The van der Waals surface area contributed by atoms with Crippen LogP contribution < -0.4 is 26.6 Å². The van der Waals surface area contributed by atoms with Crippen molar-refractivity contribution in [2.24, 2.45) is 0 Å². The first-order valence-corrected chi connectivity index (χ1v) is 19.1. The van der Waals surface area contributed by atoms with Crippen LogP contribution in [-0.4, -0.2) is 72.4 Å².